The van der Waals surface area contributed by atoms with E-state index in [0.29, 0.717) is 0 Å². The molecule has 0 saturated heterocycles. The van der Waals surface area contributed by atoms with Crippen LogP contribution in [0.4, 0.5) is 0 Å². The molecule has 0 bridgehead atoms. The molecule has 0 aliphatic rings. The molecule has 0 saturated carbocycles. The number of rotatable bonds is 0. The monoisotopic (exact) mass is 347 g/mol. The first-order chi connectivity index (χ1) is 3.79. The van der Waals surface area contributed by atoms with Crippen molar-refractivity contribution in [3.63, 3.8) is 0 Å². The van der Waals surface area contributed by atoms with Crippen LogP contribution in [0.15, 0.2) is 28.7 Å². The zero-order valence-corrected chi connectivity index (χ0v) is 11.7. The predicted octanol–water partition coefficient (Wildman–Crippen LogP) is 2.24. The molecule has 0 heterocycles. The SMILES string of the molecule is I.[Zn][c]1ccc(Br)cc1. The number of hydrogen-bond acceptors (Lipinski definition) is 0. The van der Waals surface area contributed by atoms with E-state index in [9.17, 15) is 0 Å². The Morgan fingerprint density at radius 2 is 1.56 bits per heavy atom. The van der Waals surface area contributed by atoms with Crippen LogP contribution in [0, 0.1) is 0 Å². The standard InChI is InChI=1S/C6H4Br.HI.Zn/c7-6-4-2-1-3-5-6;;/h2-5H;1H;. The van der Waals surface area contributed by atoms with E-state index in [2.05, 4.69) is 40.2 Å². The molecule has 0 fully saturated rings. The molecule has 3 heteroatoms. The van der Waals surface area contributed by atoms with E-state index in [1.165, 1.54) is 22.5 Å². The summed E-state index contributed by atoms with van der Waals surface area (Å²) < 4.78 is 2.59. The predicted molar refractivity (Wildman–Crippen MR) is 49.2 cm³/mol. The molecule has 0 aromatic heterocycles. The van der Waals surface area contributed by atoms with Gasteiger partial charge >= 0.3 is 67.1 Å². The van der Waals surface area contributed by atoms with Gasteiger partial charge in [-0.25, -0.2) is 0 Å². The van der Waals surface area contributed by atoms with Crippen molar-refractivity contribution in [2.45, 2.75) is 0 Å². The molecule has 45 valence electrons. The second-order valence-corrected chi connectivity index (χ2v) is 4.26. The fourth-order valence-corrected chi connectivity index (χ4v) is 1.24. The van der Waals surface area contributed by atoms with Crippen molar-refractivity contribution in [3.8, 4) is 0 Å². The van der Waals surface area contributed by atoms with Crippen LogP contribution in [0.3, 0.4) is 0 Å². The van der Waals surface area contributed by atoms with Gasteiger partial charge in [0.25, 0.3) is 0 Å². The molecule has 1 aromatic carbocycles. The molecule has 0 nitrogen and oxygen atoms in total. The van der Waals surface area contributed by atoms with Crippen molar-refractivity contribution < 1.29 is 18.3 Å². The first-order valence-corrected chi connectivity index (χ1v) is 4.64. The zero-order chi connectivity index (χ0) is 5.98. The van der Waals surface area contributed by atoms with Gasteiger partial charge in [-0.15, -0.1) is 24.0 Å². The topological polar surface area (TPSA) is 0 Å². The Morgan fingerprint density at radius 1 is 1.11 bits per heavy atom. The van der Waals surface area contributed by atoms with Gasteiger partial charge in [0.05, 0.1) is 0 Å². The first kappa shape index (κ1) is 10.1. The van der Waals surface area contributed by atoms with E-state index in [0.717, 1.165) is 4.47 Å². The van der Waals surface area contributed by atoms with Crippen LogP contribution in [0.1, 0.15) is 0 Å². The molecule has 0 aliphatic heterocycles. The van der Waals surface area contributed by atoms with E-state index in [-0.39, 0.29) is 24.0 Å². The van der Waals surface area contributed by atoms with Gasteiger partial charge in [-0.05, 0) is 0 Å². The summed E-state index contributed by atoms with van der Waals surface area (Å²) >= 11 is 4.60. The Kier molecular flexibility index (Phi) is 5.37. The van der Waals surface area contributed by atoms with E-state index in [1.807, 2.05) is 0 Å². The normalized spacial score (nSPS) is 8.33. The Morgan fingerprint density at radius 3 is 1.89 bits per heavy atom. The van der Waals surface area contributed by atoms with Gasteiger partial charge in [0.2, 0.25) is 0 Å². The Bertz CT molecular complexity index is 152. The van der Waals surface area contributed by atoms with Crippen molar-refractivity contribution in [3.05, 3.63) is 28.7 Å². The van der Waals surface area contributed by atoms with Gasteiger partial charge in [0.15, 0.2) is 0 Å². The van der Waals surface area contributed by atoms with Crippen LogP contribution in [-0.4, -0.2) is 0 Å². The van der Waals surface area contributed by atoms with Crippen LogP contribution in [0.5, 0.6) is 0 Å². The fraction of sp³-hybridized carbons (Fsp3) is 0. The third-order valence-corrected chi connectivity index (χ3v) is 2.43. The molecule has 0 aliphatic carbocycles. The Hall–Kier alpha value is 1.05. The third-order valence-electron chi connectivity index (χ3n) is 0.913. The van der Waals surface area contributed by atoms with Crippen LogP contribution in [0.2, 0.25) is 0 Å². The minimum atomic E-state index is 0. The van der Waals surface area contributed by atoms with Crippen LogP contribution < -0.4 is 4.16 Å². The average molecular weight is 349 g/mol. The molecule has 9 heavy (non-hydrogen) atoms. The quantitative estimate of drug-likeness (QED) is 0.498. The molecule has 0 spiro atoms. The summed E-state index contributed by atoms with van der Waals surface area (Å²) in [6.45, 7) is 0. The van der Waals surface area contributed by atoms with Crippen LogP contribution in [-0.2, 0) is 18.3 Å². The molecular formula is C6H5BrIZn. The van der Waals surface area contributed by atoms with Crippen molar-refractivity contribution in [2.75, 3.05) is 0 Å². The van der Waals surface area contributed by atoms with Crippen LogP contribution in [0.25, 0.3) is 0 Å². The van der Waals surface area contributed by atoms with Gasteiger partial charge in [-0.1, -0.05) is 0 Å². The molecule has 1 rings (SSSR count). The van der Waals surface area contributed by atoms with E-state index < -0.39 is 0 Å². The fourth-order valence-electron chi connectivity index (χ4n) is 0.484. The Balaban J connectivity index is 0.000000640. The van der Waals surface area contributed by atoms with Gasteiger partial charge in [0.1, 0.15) is 0 Å². The maximum absolute atomic E-state index is 3.36. The van der Waals surface area contributed by atoms with Gasteiger partial charge in [-0.3, -0.25) is 0 Å². The first-order valence-electron chi connectivity index (χ1n) is 2.36. The van der Waals surface area contributed by atoms with Crippen molar-refractivity contribution in [1.29, 1.82) is 0 Å². The number of halogens is 2. The summed E-state index contributed by atoms with van der Waals surface area (Å²) in [6.07, 6.45) is 0. The summed E-state index contributed by atoms with van der Waals surface area (Å²) in [4.78, 5) is 0. The third kappa shape index (κ3) is 3.69. The van der Waals surface area contributed by atoms with Gasteiger partial charge < -0.3 is 0 Å². The molecule has 0 amide bonds. The van der Waals surface area contributed by atoms with Crippen molar-refractivity contribution in [1.82, 2.24) is 0 Å². The minimum absolute atomic E-state index is 0. The van der Waals surface area contributed by atoms with E-state index >= 15 is 0 Å². The summed E-state index contributed by atoms with van der Waals surface area (Å²) in [7, 11) is 0. The number of hydrogen-bond donors (Lipinski definition) is 0. The molecule has 0 radical (unpaired) electrons. The second kappa shape index (κ2) is 4.81. The summed E-state index contributed by atoms with van der Waals surface area (Å²) in [6, 6.07) is 8.39. The molecule has 0 unspecified atom stereocenters. The second-order valence-electron chi connectivity index (χ2n) is 1.63. The van der Waals surface area contributed by atoms with E-state index in [1.54, 1.807) is 0 Å². The van der Waals surface area contributed by atoms with Crippen LogP contribution >= 0.6 is 39.9 Å². The van der Waals surface area contributed by atoms with Gasteiger partial charge in [-0.2, -0.15) is 0 Å². The molecule has 0 atom stereocenters. The molecule has 1 aromatic rings. The zero-order valence-electron chi connectivity index (χ0n) is 4.80. The molecular weight excluding hydrogens is 344 g/mol. The Labute approximate surface area is 90.2 Å². The summed E-state index contributed by atoms with van der Waals surface area (Å²) in [5, 5.41) is 0. The maximum atomic E-state index is 3.36. The van der Waals surface area contributed by atoms with Crippen molar-refractivity contribution in [2.24, 2.45) is 0 Å². The van der Waals surface area contributed by atoms with Crippen molar-refractivity contribution >= 4 is 44.1 Å². The average Bonchev–Trinajstić information content (AvgIpc) is 1.77. The molecule has 0 N–H and O–H groups in total. The summed E-state index contributed by atoms with van der Waals surface area (Å²) in [5.41, 5.74) is 0. The number of benzene rings is 1. The van der Waals surface area contributed by atoms with Gasteiger partial charge in [0, 0.05) is 0 Å². The van der Waals surface area contributed by atoms with E-state index in [4.69, 9.17) is 0 Å². The summed E-state index contributed by atoms with van der Waals surface area (Å²) in [5.74, 6) is 0.